The molecule has 2 nitrogen and oxygen atoms in total. The fourth-order valence-electron chi connectivity index (χ4n) is 0.870. The van der Waals surface area contributed by atoms with Gasteiger partial charge in [-0.3, -0.25) is 0 Å². The number of aromatic nitrogens is 2. The first-order valence-electron chi connectivity index (χ1n) is 3.88. The van der Waals surface area contributed by atoms with Gasteiger partial charge >= 0.3 is 0 Å². The third-order valence-corrected chi connectivity index (χ3v) is 2.86. The maximum absolute atomic E-state index is 5.71. The summed E-state index contributed by atoms with van der Waals surface area (Å²) in [6.07, 6.45) is 1.83. The van der Waals surface area contributed by atoms with Crippen LogP contribution in [0.3, 0.4) is 0 Å². The zero-order chi connectivity index (χ0) is 9.14. The summed E-state index contributed by atoms with van der Waals surface area (Å²) in [4.78, 5) is 4.27. The molecule has 0 aliphatic carbocycles. The summed E-state index contributed by atoms with van der Waals surface area (Å²) < 4.78 is 2.04. The maximum atomic E-state index is 5.71. The van der Waals surface area contributed by atoms with Crippen molar-refractivity contribution in [1.82, 2.24) is 9.55 Å². The van der Waals surface area contributed by atoms with Gasteiger partial charge in [0.05, 0.1) is 17.8 Å². The summed E-state index contributed by atoms with van der Waals surface area (Å²) in [5.41, 5.74) is 1.07. The van der Waals surface area contributed by atoms with Crippen molar-refractivity contribution in [3.63, 3.8) is 0 Å². The van der Waals surface area contributed by atoms with Crippen LogP contribution in [0.2, 0.25) is 0 Å². The van der Waals surface area contributed by atoms with Crippen LogP contribution < -0.4 is 0 Å². The Balaban J connectivity index is 2.80. The zero-order valence-electron chi connectivity index (χ0n) is 7.54. The number of alkyl halides is 1. The van der Waals surface area contributed by atoms with Crippen LogP contribution in [0.4, 0.5) is 0 Å². The van der Waals surface area contributed by atoms with Crippen molar-refractivity contribution in [2.75, 3.05) is 0 Å². The Morgan fingerprint density at radius 1 is 1.67 bits per heavy atom. The Kier molecular flexibility index (Phi) is 3.47. The van der Waals surface area contributed by atoms with Gasteiger partial charge in [0, 0.05) is 12.3 Å². The van der Waals surface area contributed by atoms with Crippen molar-refractivity contribution in [3.05, 3.63) is 11.9 Å². The third-order valence-electron chi connectivity index (χ3n) is 1.52. The highest BCUT2D eigenvalue weighted by molar-refractivity contribution is 7.99. The molecule has 0 radical (unpaired) electrons. The second kappa shape index (κ2) is 4.19. The lowest BCUT2D eigenvalue weighted by Gasteiger charge is -2.05. The SMILES string of the molecule is CC(C)Sc1ncc(CCl)n1C. The Morgan fingerprint density at radius 3 is 2.75 bits per heavy atom. The van der Waals surface area contributed by atoms with Gasteiger partial charge in [0.1, 0.15) is 0 Å². The molecule has 0 saturated carbocycles. The van der Waals surface area contributed by atoms with Gasteiger partial charge in [0.15, 0.2) is 5.16 Å². The molecule has 0 spiro atoms. The highest BCUT2D eigenvalue weighted by Gasteiger charge is 2.07. The number of thioether (sulfide) groups is 1. The monoisotopic (exact) mass is 204 g/mol. The molecule has 0 aromatic carbocycles. The highest BCUT2D eigenvalue weighted by Crippen LogP contribution is 2.22. The number of imidazole rings is 1. The van der Waals surface area contributed by atoms with Crippen LogP contribution >= 0.6 is 23.4 Å². The molecule has 12 heavy (non-hydrogen) atoms. The molecular formula is C8H13ClN2S. The third kappa shape index (κ3) is 2.17. The van der Waals surface area contributed by atoms with E-state index in [1.165, 1.54) is 0 Å². The predicted molar refractivity (Wildman–Crippen MR) is 53.8 cm³/mol. The van der Waals surface area contributed by atoms with E-state index in [4.69, 9.17) is 11.6 Å². The predicted octanol–water partition coefficient (Wildman–Crippen LogP) is 2.66. The lowest BCUT2D eigenvalue weighted by atomic mass is 10.5. The Morgan fingerprint density at radius 2 is 2.33 bits per heavy atom. The van der Waals surface area contributed by atoms with E-state index >= 15 is 0 Å². The topological polar surface area (TPSA) is 17.8 Å². The zero-order valence-corrected chi connectivity index (χ0v) is 9.11. The number of rotatable bonds is 3. The van der Waals surface area contributed by atoms with Gasteiger partial charge in [-0.1, -0.05) is 25.6 Å². The summed E-state index contributed by atoms with van der Waals surface area (Å²) >= 11 is 7.47. The molecule has 0 unspecified atom stereocenters. The average Bonchev–Trinajstić information content (AvgIpc) is 2.32. The van der Waals surface area contributed by atoms with Gasteiger partial charge < -0.3 is 4.57 Å². The van der Waals surface area contributed by atoms with Crippen LogP contribution in [-0.4, -0.2) is 14.8 Å². The van der Waals surface area contributed by atoms with Crippen LogP contribution in [0.5, 0.6) is 0 Å². The van der Waals surface area contributed by atoms with Crippen LogP contribution in [0, 0.1) is 0 Å². The van der Waals surface area contributed by atoms with Gasteiger partial charge in [0.2, 0.25) is 0 Å². The number of hydrogen-bond acceptors (Lipinski definition) is 2. The summed E-state index contributed by atoms with van der Waals surface area (Å²) in [5.74, 6) is 0.530. The van der Waals surface area contributed by atoms with Gasteiger partial charge in [-0.2, -0.15) is 0 Å². The number of hydrogen-bond donors (Lipinski definition) is 0. The number of halogens is 1. The molecule has 0 fully saturated rings. The molecule has 0 atom stereocenters. The largest absolute Gasteiger partial charge is 0.325 e. The molecular weight excluding hydrogens is 192 g/mol. The first-order chi connectivity index (χ1) is 5.65. The molecule has 4 heteroatoms. The standard InChI is InChI=1S/C8H13ClN2S/c1-6(2)12-8-10-5-7(4-9)11(8)3/h5-6H,4H2,1-3H3. The summed E-state index contributed by atoms with van der Waals surface area (Å²) in [6, 6.07) is 0. The normalized spacial score (nSPS) is 11.1. The van der Waals surface area contributed by atoms with Crippen molar-refractivity contribution in [2.45, 2.75) is 30.1 Å². The summed E-state index contributed by atoms with van der Waals surface area (Å²) in [5, 5.41) is 1.61. The molecule has 0 bridgehead atoms. The fourth-order valence-corrected chi connectivity index (χ4v) is 1.93. The van der Waals surface area contributed by atoms with Crippen LogP contribution in [0.1, 0.15) is 19.5 Å². The molecule has 0 amide bonds. The Labute approximate surface area is 82.3 Å². The van der Waals surface area contributed by atoms with Gasteiger partial charge in [-0.05, 0) is 0 Å². The van der Waals surface area contributed by atoms with Crippen molar-refractivity contribution >= 4 is 23.4 Å². The second-order valence-electron chi connectivity index (χ2n) is 2.89. The molecule has 0 N–H and O–H groups in total. The lowest BCUT2D eigenvalue weighted by Crippen LogP contribution is -1.97. The van der Waals surface area contributed by atoms with Crippen LogP contribution in [0.15, 0.2) is 11.4 Å². The van der Waals surface area contributed by atoms with E-state index in [0.29, 0.717) is 11.1 Å². The van der Waals surface area contributed by atoms with Crippen molar-refractivity contribution < 1.29 is 0 Å². The van der Waals surface area contributed by atoms with E-state index in [1.54, 1.807) is 11.8 Å². The molecule has 0 aliphatic rings. The summed E-state index contributed by atoms with van der Waals surface area (Å²) in [7, 11) is 2.00. The van der Waals surface area contributed by atoms with E-state index in [2.05, 4.69) is 18.8 Å². The minimum atomic E-state index is 0.530. The molecule has 1 heterocycles. The van der Waals surface area contributed by atoms with Gasteiger partial charge in [0.25, 0.3) is 0 Å². The quantitative estimate of drug-likeness (QED) is 0.557. The Hall–Kier alpha value is -0.150. The molecule has 1 rings (SSSR count). The van der Waals surface area contributed by atoms with E-state index in [9.17, 15) is 0 Å². The smallest absolute Gasteiger partial charge is 0.168 e. The Bertz CT molecular complexity index is 258. The average molecular weight is 205 g/mol. The summed E-state index contributed by atoms with van der Waals surface area (Å²) in [6.45, 7) is 4.30. The minimum absolute atomic E-state index is 0.530. The molecule has 68 valence electrons. The van der Waals surface area contributed by atoms with Gasteiger partial charge in [-0.15, -0.1) is 11.6 Å². The van der Waals surface area contributed by atoms with E-state index < -0.39 is 0 Å². The van der Waals surface area contributed by atoms with E-state index in [0.717, 1.165) is 10.9 Å². The van der Waals surface area contributed by atoms with E-state index in [1.807, 2.05) is 17.8 Å². The maximum Gasteiger partial charge on any atom is 0.168 e. The molecule has 1 aromatic heterocycles. The van der Waals surface area contributed by atoms with Crippen LogP contribution in [0.25, 0.3) is 0 Å². The lowest BCUT2D eigenvalue weighted by molar-refractivity contribution is 0.758. The molecule has 0 saturated heterocycles. The van der Waals surface area contributed by atoms with Crippen molar-refractivity contribution in [2.24, 2.45) is 7.05 Å². The first-order valence-corrected chi connectivity index (χ1v) is 5.29. The first kappa shape index (κ1) is 9.93. The molecule has 1 aromatic rings. The fraction of sp³-hybridized carbons (Fsp3) is 0.625. The van der Waals surface area contributed by atoms with Crippen LogP contribution in [-0.2, 0) is 12.9 Å². The second-order valence-corrected chi connectivity index (χ2v) is 4.70. The van der Waals surface area contributed by atoms with E-state index in [-0.39, 0.29) is 0 Å². The van der Waals surface area contributed by atoms with Crippen molar-refractivity contribution in [3.8, 4) is 0 Å². The van der Waals surface area contributed by atoms with Crippen molar-refractivity contribution in [1.29, 1.82) is 0 Å². The highest BCUT2D eigenvalue weighted by atomic mass is 35.5. The molecule has 0 aliphatic heterocycles. The van der Waals surface area contributed by atoms with Gasteiger partial charge in [-0.25, -0.2) is 4.98 Å². The number of nitrogens with zero attached hydrogens (tertiary/aromatic N) is 2. The minimum Gasteiger partial charge on any atom is -0.325 e.